The Hall–Kier alpha value is -3.70. The Kier molecular flexibility index (Phi) is 2.73. The summed E-state index contributed by atoms with van der Waals surface area (Å²) in [4.78, 5) is 52.7. The zero-order valence-electron chi connectivity index (χ0n) is 15.3. The van der Waals surface area contributed by atoms with E-state index in [4.69, 9.17) is 0 Å². The molecule has 12 heteroatoms. The molecule has 6 aliphatic rings. The van der Waals surface area contributed by atoms with Crippen LogP contribution in [0.25, 0.3) is 0 Å². The zero-order chi connectivity index (χ0) is 20.3. The van der Waals surface area contributed by atoms with E-state index in [1.807, 2.05) is 12.2 Å². The molecule has 150 valence electrons. The summed E-state index contributed by atoms with van der Waals surface area (Å²) in [7, 11) is 0. The van der Waals surface area contributed by atoms with Crippen molar-refractivity contribution in [3.8, 4) is 0 Å². The molecule has 0 spiro atoms. The number of rotatable bonds is 2. The van der Waals surface area contributed by atoms with Gasteiger partial charge in [-0.25, -0.2) is 9.35 Å². The first-order chi connectivity index (χ1) is 14.6. The number of imide groups is 2. The molecule has 2 aliphatic heterocycles. The number of hydrogen-bond acceptors (Lipinski definition) is 8. The Morgan fingerprint density at radius 1 is 0.533 bits per heavy atom. The Morgan fingerprint density at radius 3 is 1.23 bits per heavy atom. The van der Waals surface area contributed by atoms with Gasteiger partial charge in [-0.3, -0.25) is 19.2 Å². The van der Waals surface area contributed by atoms with Crippen molar-refractivity contribution in [3.05, 3.63) is 37.5 Å². The fourth-order valence-electron chi connectivity index (χ4n) is 6.62. The van der Waals surface area contributed by atoms with Crippen LogP contribution in [0.3, 0.4) is 0 Å². The molecule has 2 saturated heterocycles. The fourth-order valence-corrected chi connectivity index (χ4v) is 6.62. The summed E-state index contributed by atoms with van der Waals surface area (Å²) >= 11 is 0. The number of nitrogens with zero attached hydrogens (tertiary/aromatic N) is 8. The molecule has 4 fully saturated rings. The van der Waals surface area contributed by atoms with Gasteiger partial charge in [0.15, 0.2) is 0 Å². The van der Waals surface area contributed by atoms with E-state index in [-0.39, 0.29) is 47.3 Å². The van der Waals surface area contributed by atoms with Crippen molar-refractivity contribution in [2.75, 3.05) is 10.0 Å². The molecule has 8 rings (SSSR count). The lowest BCUT2D eigenvalue weighted by Crippen LogP contribution is -2.63. The van der Waals surface area contributed by atoms with Crippen LogP contribution in [-0.2, 0) is 19.2 Å². The number of allylic oxidation sites excluding steroid dienone is 2. The molecule has 2 aromatic rings. The third-order valence-corrected chi connectivity index (χ3v) is 7.57. The maximum Gasteiger partial charge on any atom is 0.253 e. The largest absolute Gasteiger partial charge is 0.272 e. The molecule has 0 aromatic carbocycles. The Morgan fingerprint density at radius 2 is 0.867 bits per heavy atom. The molecule has 0 radical (unpaired) electrons. The van der Waals surface area contributed by atoms with Crippen LogP contribution in [0.1, 0.15) is 0 Å². The van der Waals surface area contributed by atoms with Crippen LogP contribution in [-0.4, -0.2) is 53.4 Å². The number of aromatic nitrogens is 6. The topological polar surface area (TPSA) is 136 Å². The van der Waals surface area contributed by atoms with Gasteiger partial charge in [0.2, 0.25) is 0 Å². The van der Waals surface area contributed by atoms with Crippen LogP contribution in [0.5, 0.6) is 0 Å². The van der Waals surface area contributed by atoms with Gasteiger partial charge in [0.1, 0.15) is 25.3 Å². The van der Waals surface area contributed by atoms with E-state index in [9.17, 15) is 19.2 Å². The molecule has 30 heavy (non-hydrogen) atoms. The predicted molar refractivity (Wildman–Crippen MR) is 93.6 cm³/mol. The number of amides is 4. The summed E-state index contributed by atoms with van der Waals surface area (Å²) in [5.74, 6) is -4.06. The normalized spacial score (nSPS) is 40.7. The van der Waals surface area contributed by atoms with E-state index < -0.39 is 23.7 Å². The molecule has 2 aromatic heterocycles. The van der Waals surface area contributed by atoms with Crippen molar-refractivity contribution in [3.63, 3.8) is 0 Å². The van der Waals surface area contributed by atoms with Gasteiger partial charge in [-0.15, -0.1) is 20.4 Å². The monoisotopic (exact) mass is 406 g/mol. The molecular weight excluding hydrogens is 392 g/mol. The summed E-state index contributed by atoms with van der Waals surface area (Å²) < 4.78 is 2.60. The van der Waals surface area contributed by atoms with E-state index in [0.717, 1.165) is 10.0 Å². The molecule has 4 amide bonds. The summed E-state index contributed by atoms with van der Waals surface area (Å²) in [5, 5.41) is 16.9. The summed E-state index contributed by atoms with van der Waals surface area (Å²) in [5.41, 5.74) is 0. The standard InChI is InChI=1S/C18H14N8O4/c27-15-11-7-1-2-8(12(11)16(28)25(15)23-3-19-20-4-23)10-9(7)13-14(10)18(30)26(17(13)29)24-5-21-22-6-24/h1-14H/t7-,8-,9-,10-,11-,12+,13-,14-/m1/s1. The first kappa shape index (κ1) is 16.1. The minimum absolute atomic E-state index is 0.137. The van der Waals surface area contributed by atoms with Crippen LogP contribution in [0, 0.1) is 47.3 Å². The molecule has 0 N–H and O–H groups in total. The highest BCUT2D eigenvalue weighted by Crippen LogP contribution is 2.67. The fraction of sp³-hybridized carbons (Fsp3) is 0.444. The average Bonchev–Trinajstić information content (AvgIpc) is 3.47. The predicted octanol–water partition coefficient (Wildman–Crippen LogP) is -1.89. The molecule has 2 bridgehead atoms. The first-order valence-corrected chi connectivity index (χ1v) is 9.73. The van der Waals surface area contributed by atoms with Crippen LogP contribution in [0.2, 0.25) is 0 Å². The van der Waals surface area contributed by atoms with E-state index >= 15 is 0 Å². The van der Waals surface area contributed by atoms with Gasteiger partial charge in [0, 0.05) is 0 Å². The highest BCUT2D eigenvalue weighted by atomic mass is 16.2. The van der Waals surface area contributed by atoms with Crippen molar-refractivity contribution >= 4 is 23.6 Å². The Bertz CT molecular complexity index is 1100. The number of hydrogen-bond donors (Lipinski definition) is 0. The highest BCUT2D eigenvalue weighted by molar-refractivity contribution is 6.20. The molecular formula is C18H14N8O4. The van der Waals surface area contributed by atoms with Crippen molar-refractivity contribution in [2.45, 2.75) is 0 Å². The molecule has 8 atom stereocenters. The smallest absolute Gasteiger partial charge is 0.253 e. The van der Waals surface area contributed by atoms with Gasteiger partial charge in [0.05, 0.1) is 23.7 Å². The SMILES string of the molecule is O=C1[C@@H]2[C@@H]3C=C[C@@H]([C@@H]2C(=O)N1n1cnnc1)[C@H]1[C@H]2C(=O)N(n4cnnc4)C(=O)[C@@H]2[C@H]31. The van der Waals surface area contributed by atoms with Gasteiger partial charge in [-0.05, 0) is 23.7 Å². The lowest BCUT2D eigenvalue weighted by atomic mass is 9.40. The van der Waals surface area contributed by atoms with Crippen LogP contribution in [0.15, 0.2) is 37.5 Å². The summed E-state index contributed by atoms with van der Waals surface area (Å²) in [6, 6.07) is 0. The van der Waals surface area contributed by atoms with Crippen molar-refractivity contribution < 1.29 is 19.2 Å². The third kappa shape index (κ3) is 1.58. The third-order valence-electron chi connectivity index (χ3n) is 7.57. The van der Waals surface area contributed by atoms with E-state index in [1.165, 1.54) is 34.7 Å². The first-order valence-electron chi connectivity index (χ1n) is 9.73. The van der Waals surface area contributed by atoms with Gasteiger partial charge >= 0.3 is 0 Å². The Balaban J connectivity index is 1.29. The molecule has 4 aliphatic carbocycles. The molecule has 0 unspecified atom stereocenters. The van der Waals surface area contributed by atoms with Gasteiger partial charge in [-0.1, -0.05) is 12.2 Å². The Labute approximate surface area is 168 Å². The lowest BCUT2D eigenvalue weighted by molar-refractivity contribution is -0.166. The van der Waals surface area contributed by atoms with Crippen LogP contribution >= 0.6 is 0 Å². The average molecular weight is 406 g/mol. The van der Waals surface area contributed by atoms with Gasteiger partial charge < -0.3 is 0 Å². The van der Waals surface area contributed by atoms with Crippen molar-refractivity contribution in [1.29, 1.82) is 0 Å². The minimum atomic E-state index is -0.538. The van der Waals surface area contributed by atoms with Gasteiger partial charge in [-0.2, -0.15) is 10.0 Å². The van der Waals surface area contributed by atoms with E-state index in [2.05, 4.69) is 20.4 Å². The maximum absolute atomic E-state index is 13.2. The second-order valence-electron chi connectivity index (χ2n) is 8.46. The molecule has 4 heterocycles. The highest BCUT2D eigenvalue weighted by Gasteiger charge is 2.75. The van der Waals surface area contributed by atoms with Crippen LogP contribution in [0.4, 0.5) is 0 Å². The maximum atomic E-state index is 13.2. The second kappa shape index (κ2) is 5.07. The van der Waals surface area contributed by atoms with E-state index in [0.29, 0.717) is 0 Å². The quantitative estimate of drug-likeness (QED) is 0.417. The lowest BCUT2D eigenvalue weighted by Gasteiger charge is -2.60. The van der Waals surface area contributed by atoms with E-state index in [1.54, 1.807) is 0 Å². The number of carbonyl (C=O) groups excluding carboxylic acids is 4. The van der Waals surface area contributed by atoms with Crippen molar-refractivity contribution in [1.82, 2.24) is 29.7 Å². The van der Waals surface area contributed by atoms with Gasteiger partial charge in [0.25, 0.3) is 23.6 Å². The zero-order valence-corrected chi connectivity index (χ0v) is 15.3. The number of fused-ring (bicyclic) bond motifs is 1. The second-order valence-corrected chi connectivity index (χ2v) is 8.46. The summed E-state index contributed by atoms with van der Waals surface area (Å²) in [6.07, 6.45) is 9.18. The number of carbonyl (C=O) groups is 4. The molecule has 12 nitrogen and oxygen atoms in total. The molecule has 2 saturated carbocycles. The summed E-state index contributed by atoms with van der Waals surface area (Å²) in [6.45, 7) is 0. The van der Waals surface area contributed by atoms with Crippen LogP contribution < -0.4 is 10.0 Å². The minimum Gasteiger partial charge on any atom is -0.272 e. The van der Waals surface area contributed by atoms with Crippen molar-refractivity contribution in [2.24, 2.45) is 47.3 Å².